The molecule has 5 fully saturated rings. The molecule has 1 aromatic heterocycles. The molecule has 0 saturated heterocycles. The van der Waals surface area contributed by atoms with E-state index in [0.717, 1.165) is 82.1 Å². The molecule has 0 aliphatic heterocycles. The fraction of sp³-hybridized carbons (Fsp3) is 0.700. The number of carboxylic acids is 1. The van der Waals surface area contributed by atoms with Crippen molar-refractivity contribution in [2.75, 3.05) is 37.7 Å². The molecule has 5 aliphatic rings. The Kier molecular flexibility index (Phi) is 12.6. The summed E-state index contributed by atoms with van der Waals surface area (Å²) in [5, 5.41) is 25.6. The smallest absolute Gasteiger partial charge is 0.351 e. The molecular formula is C50H70N2O10. The quantitative estimate of drug-likeness (QED) is 0.0722. The van der Waals surface area contributed by atoms with Crippen LogP contribution >= 0.6 is 0 Å². The molecule has 1 heterocycles. The molecule has 0 bridgehead atoms. The van der Waals surface area contributed by atoms with E-state index in [2.05, 4.69) is 51.4 Å². The maximum atomic E-state index is 13.1. The van der Waals surface area contributed by atoms with Crippen LogP contribution in [0.3, 0.4) is 0 Å². The van der Waals surface area contributed by atoms with Crippen LogP contribution in [0.4, 0.5) is 5.69 Å². The second-order valence-electron chi connectivity index (χ2n) is 20.7. The van der Waals surface area contributed by atoms with Crippen molar-refractivity contribution < 1.29 is 43.3 Å². The number of aliphatic hydroxyl groups excluding tert-OH is 1. The summed E-state index contributed by atoms with van der Waals surface area (Å²) in [5.41, 5.74) is -0.0732. The van der Waals surface area contributed by atoms with Crippen molar-refractivity contribution in [3.63, 3.8) is 0 Å². The van der Waals surface area contributed by atoms with E-state index in [1.165, 1.54) is 6.07 Å². The first-order valence-corrected chi connectivity index (χ1v) is 23.3. The van der Waals surface area contributed by atoms with E-state index in [0.29, 0.717) is 29.2 Å². The minimum atomic E-state index is -0.855. The van der Waals surface area contributed by atoms with E-state index in [9.17, 15) is 34.2 Å². The summed E-state index contributed by atoms with van der Waals surface area (Å²) in [6.45, 7) is 21.4. The van der Waals surface area contributed by atoms with Crippen molar-refractivity contribution in [2.45, 2.75) is 132 Å². The molecule has 0 unspecified atom stereocenters. The number of rotatable bonds is 14. The van der Waals surface area contributed by atoms with Crippen LogP contribution in [-0.4, -0.2) is 73.0 Å². The van der Waals surface area contributed by atoms with E-state index in [-0.39, 0.29) is 72.2 Å². The van der Waals surface area contributed by atoms with Crippen LogP contribution in [0.5, 0.6) is 0 Å². The monoisotopic (exact) mass is 859 g/mol. The lowest BCUT2D eigenvalue weighted by Gasteiger charge is -2.72. The third-order valence-corrected chi connectivity index (χ3v) is 18.1. The van der Waals surface area contributed by atoms with Gasteiger partial charge in [0.25, 0.3) is 0 Å². The topological polar surface area (TPSA) is 173 Å². The minimum absolute atomic E-state index is 0.000808. The van der Waals surface area contributed by atoms with Gasteiger partial charge >= 0.3 is 23.5 Å². The Morgan fingerprint density at radius 1 is 0.887 bits per heavy atom. The summed E-state index contributed by atoms with van der Waals surface area (Å²) in [6, 6.07) is 6.91. The Morgan fingerprint density at radius 3 is 2.32 bits per heavy atom. The number of ether oxygens (including phenoxy) is 2. The summed E-state index contributed by atoms with van der Waals surface area (Å²) >= 11 is 0. The standard InChI is InChI=1S/C50H70N2O10/c1-9-52(10-2)32-12-11-31-27-34(44(57)62-36(31)28-32)43(56)60-26-25-51-40(54)15-16-41(55)61-29-47(6)37-18-21-49(8)38(46(37,5)20-19-39(47)53)14-13-35-42-33(30(3)4)17-22-50(42,45(58)59)24-23-48(35,49)7/h11-12,27-28,33,35,37-39,42,53H,3,9-10,13-26,29H2,1-2,4-8H3,(H,51,54)(H,58,59)/t33-,35+,37+,38+,39-,42+,46-,47-,48+,49+,50-/m0/s1. The van der Waals surface area contributed by atoms with Crippen molar-refractivity contribution >= 4 is 40.5 Å². The summed E-state index contributed by atoms with van der Waals surface area (Å²) in [4.78, 5) is 66.4. The molecule has 5 saturated carbocycles. The maximum Gasteiger partial charge on any atom is 0.351 e. The number of hydrogen-bond acceptors (Lipinski definition) is 10. The molecule has 5 aliphatic carbocycles. The number of esters is 2. The van der Waals surface area contributed by atoms with E-state index >= 15 is 0 Å². The number of benzene rings is 1. The molecule has 340 valence electrons. The Bertz CT molecular complexity index is 2150. The van der Waals surface area contributed by atoms with Gasteiger partial charge in [0, 0.05) is 42.1 Å². The van der Waals surface area contributed by atoms with Crippen LogP contribution in [0.2, 0.25) is 0 Å². The predicted octanol–water partition coefficient (Wildman–Crippen LogP) is 8.32. The summed E-state index contributed by atoms with van der Waals surface area (Å²) in [7, 11) is 0. The number of amides is 1. The molecule has 2 aromatic rings. The van der Waals surface area contributed by atoms with Gasteiger partial charge in [0.1, 0.15) is 17.8 Å². The van der Waals surface area contributed by atoms with Crippen molar-refractivity contribution in [3.05, 3.63) is 52.4 Å². The van der Waals surface area contributed by atoms with Crippen molar-refractivity contribution in [1.82, 2.24) is 5.32 Å². The number of aliphatic hydroxyl groups is 1. The summed E-state index contributed by atoms with van der Waals surface area (Å²) < 4.78 is 16.6. The van der Waals surface area contributed by atoms with Crippen molar-refractivity contribution in [1.29, 1.82) is 0 Å². The molecule has 1 aromatic carbocycles. The van der Waals surface area contributed by atoms with Gasteiger partial charge in [0.15, 0.2) is 0 Å². The zero-order valence-corrected chi connectivity index (χ0v) is 38.1. The van der Waals surface area contributed by atoms with Crippen LogP contribution in [0.1, 0.15) is 136 Å². The fourth-order valence-electron chi connectivity index (χ4n) is 14.6. The molecule has 3 N–H and O–H groups in total. The molecule has 0 spiro atoms. The van der Waals surface area contributed by atoms with E-state index < -0.39 is 46.4 Å². The van der Waals surface area contributed by atoms with Gasteiger partial charge in [0.2, 0.25) is 5.91 Å². The number of anilines is 1. The third kappa shape index (κ3) is 7.47. The van der Waals surface area contributed by atoms with Crippen LogP contribution in [-0.2, 0) is 23.9 Å². The number of nitrogens with one attached hydrogen (secondary N) is 1. The molecule has 1 amide bonds. The van der Waals surface area contributed by atoms with Gasteiger partial charge in [-0.15, -0.1) is 0 Å². The number of carbonyl (C=O) groups excluding carboxylic acids is 3. The second kappa shape index (κ2) is 17.1. The maximum absolute atomic E-state index is 13.1. The Balaban J connectivity index is 0.917. The predicted molar refractivity (Wildman–Crippen MR) is 236 cm³/mol. The van der Waals surface area contributed by atoms with Gasteiger partial charge in [-0.25, -0.2) is 9.59 Å². The average molecular weight is 859 g/mol. The third-order valence-electron chi connectivity index (χ3n) is 18.1. The molecule has 12 nitrogen and oxygen atoms in total. The van der Waals surface area contributed by atoms with Crippen LogP contribution in [0.15, 0.2) is 45.6 Å². The number of nitrogens with zero attached hydrogens (tertiary/aromatic N) is 1. The van der Waals surface area contributed by atoms with Gasteiger partial charge in [-0.1, -0.05) is 39.8 Å². The first-order chi connectivity index (χ1) is 29.3. The number of carbonyl (C=O) groups is 4. The minimum Gasteiger partial charge on any atom is -0.481 e. The highest BCUT2D eigenvalue weighted by molar-refractivity contribution is 5.93. The molecular weight excluding hydrogens is 789 g/mol. The first-order valence-electron chi connectivity index (χ1n) is 23.3. The highest BCUT2D eigenvalue weighted by Crippen LogP contribution is 2.77. The number of hydrogen-bond donors (Lipinski definition) is 3. The molecule has 62 heavy (non-hydrogen) atoms. The van der Waals surface area contributed by atoms with Gasteiger partial charge in [0.05, 0.1) is 31.1 Å². The zero-order valence-electron chi connectivity index (χ0n) is 38.1. The SMILES string of the molecule is C=C(C)[C@@H]1CC[C@]2(C(=O)O)CC[C@]3(C)[C@H](CC[C@@H]4[C@@]5(C)CC[C@H](O)[C@@](C)(COC(=O)CCC(=O)NCCOC(=O)c6cc7ccc(N(CC)CC)cc7oc6=O)[C@@H]5CC[C@]43C)[C@@H]12. The van der Waals surface area contributed by atoms with Crippen LogP contribution in [0, 0.1) is 56.7 Å². The number of carboxylic acid groups (broad SMARTS) is 1. The summed E-state index contributed by atoms with van der Waals surface area (Å²) in [5.74, 6) is -1.23. The molecule has 7 rings (SSSR count). The van der Waals surface area contributed by atoms with Gasteiger partial charge < -0.3 is 34.3 Å². The molecule has 11 atom stereocenters. The van der Waals surface area contributed by atoms with Gasteiger partial charge in [-0.3, -0.25) is 14.4 Å². The van der Waals surface area contributed by atoms with E-state index in [4.69, 9.17) is 13.9 Å². The molecule has 12 heteroatoms. The lowest BCUT2D eigenvalue weighted by molar-refractivity contribution is -0.255. The summed E-state index contributed by atoms with van der Waals surface area (Å²) in [6.07, 6.45) is 7.79. The normalized spacial score (nSPS) is 36.0. The highest BCUT2D eigenvalue weighted by Gasteiger charge is 2.72. The van der Waals surface area contributed by atoms with Crippen LogP contribution in [0.25, 0.3) is 11.0 Å². The lowest BCUT2D eigenvalue weighted by atomic mass is 9.32. The Labute approximate surface area is 366 Å². The molecule has 0 radical (unpaired) electrons. The van der Waals surface area contributed by atoms with Crippen molar-refractivity contribution in [3.8, 4) is 0 Å². The lowest BCUT2D eigenvalue weighted by Crippen LogP contribution is -2.67. The Hall–Kier alpha value is -4.19. The number of fused-ring (bicyclic) bond motifs is 8. The first kappa shape index (κ1) is 45.8. The Morgan fingerprint density at radius 2 is 1.63 bits per heavy atom. The largest absolute Gasteiger partial charge is 0.481 e. The van der Waals surface area contributed by atoms with E-state index in [1.54, 1.807) is 12.1 Å². The fourth-order valence-corrected chi connectivity index (χ4v) is 14.6. The van der Waals surface area contributed by atoms with E-state index in [1.807, 2.05) is 19.9 Å². The number of aliphatic carboxylic acids is 1. The zero-order chi connectivity index (χ0) is 45.0. The second-order valence-corrected chi connectivity index (χ2v) is 20.7. The van der Waals surface area contributed by atoms with Crippen molar-refractivity contribution in [2.24, 2.45) is 56.7 Å². The van der Waals surface area contributed by atoms with Gasteiger partial charge in [-0.2, -0.15) is 0 Å². The average Bonchev–Trinajstić information content (AvgIpc) is 3.64. The highest BCUT2D eigenvalue weighted by atomic mass is 16.5. The number of allylic oxidation sites excluding steroid dienone is 1. The van der Waals surface area contributed by atoms with Gasteiger partial charge in [-0.05, 0) is 149 Å². The van der Waals surface area contributed by atoms with Crippen LogP contribution < -0.4 is 15.8 Å².